The van der Waals surface area contributed by atoms with Crippen molar-refractivity contribution >= 4 is 21.4 Å². The van der Waals surface area contributed by atoms with Gasteiger partial charge in [-0.15, -0.1) is 15.3 Å². The van der Waals surface area contributed by atoms with Crippen LogP contribution in [0.5, 0.6) is 0 Å². The van der Waals surface area contributed by atoms with Crippen LogP contribution in [0.1, 0.15) is 11.5 Å². The van der Waals surface area contributed by atoms with Gasteiger partial charge < -0.3 is 4.52 Å². The second-order valence-corrected chi connectivity index (χ2v) is 6.84. The van der Waals surface area contributed by atoms with Gasteiger partial charge in [-0.25, -0.2) is 13.2 Å². The van der Waals surface area contributed by atoms with Crippen LogP contribution in [0.2, 0.25) is 0 Å². The monoisotopic (exact) mass is 327 g/mol. The van der Waals surface area contributed by atoms with Gasteiger partial charge in [0, 0.05) is 0 Å². The first-order valence-corrected chi connectivity index (χ1v) is 8.06. The molecule has 0 aromatic carbocycles. The van der Waals surface area contributed by atoms with Crippen LogP contribution in [0, 0.1) is 13.8 Å². The van der Waals surface area contributed by atoms with Crippen molar-refractivity contribution in [2.75, 3.05) is 0 Å². The molecular formula is C11H9N3O5S2. The maximum Gasteiger partial charge on any atom is 0.456 e. The molecule has 10 heteroatoms. The molecule has 0 N–H and O–H groups in total. The first-order chi connectivity index (χ1) is 9.93. The Morgan fingerprint density at radius 3 is 2.57 bits per heavy atom. The van der Waals surface area contributed by atoms with Crippen molar-refractivity contribution < 1.29 is 17.5 Å². The predicted octanol–water partition coefficient (Wildman–Crippen LogP) is 1.41. The molecule has 0 saturated carbocycles. The van der Waals surface area contributed by atoms with Crippen molar-refractivity contribution in [3.8, 4) is 10.7 Å². The molecule has 0 aliphatic carbocycles. The van der Waals surface area contributed by atoms with Gasteiger partial charge in [-0.2, -0.15) is 0 Å². The Balaban J connectivity index is 2.31. The third-order valence-corrected chi connectivity index (χ3v) is 5.54. The van der Waals surface area contributed by atoms with E-state index in [1.165, 1.54) is 25.2 Å². The van der Waals surface area contributed by atoms with Gasteiger partial charge in [-0.05, 0) is 25.3 Å². The minimum atomic E-state index is -4.20. The minimum absolute atomic E-state index is 0.0741. The molecular weight excluding hydrogens is 318 g/mol. The zero-order chi connectivity index (χ0) is 15.2. The minimum Gasteiger partial charge on any atom is -0.360 e. The summed E-state index contributed by atoms with van der Waals surface area (Å²) in [4.78, 5) is 12.1. The second kappa shape index (κ2) is 4.67. The van der Waals surface area contributed by atoms with Crippen LogP contribution in [0.25, 0.3) is 10.7 Å². The van der Waals surface area contributed by atoms with Crippen molar-refractivity contribution in [1.29, 1.82) is 0 Å². The second-order valence-electron chi connectivity index (χ2n) is 4.17. The molecule has 8 nitrogen and oxygen atoms in total. The summed E-state index contributed by atoms with van der Waals surface area (Å²) in [5, 5.41) is 8.88. The van der Waals surface area contributed by atoms with Crippen molar-refractivity contribution in [1.82, 2.24) is 14.3 Å². The average Bonchev–Trinajstić information content (AvgIpc) is 3.09. The fraction of sp³-hybridized carbons (Fsp3) is 0.182. The quantitative estimate of drug-likeness (QED) is 0.715. The third kappa shape index (κ3) is 2.03. The fourth-order valence-electron chi connectivity index (χ4n) is 1.94. The Hall–Kier alpha value is -2.20. The summed E-state index contributed by atoms with van der Waals surface area (Å²) in [6.07, 6.45) is 0. The van der Waals surface area contributed by atoms with Crippen LogP contribution in [0.4, 0.5) is 0 Å². The molecule has 0 bridgehead atoms. The van der Waals surface area contributed by atoms with Gasteiger partial charge in [0.1, 0.15) is 5.69 Å². The normalized spacial score (nSPS) is 11.9. The van der Waals surface area contributed by atoms with E-state index in [4.69, 9.17) is 4.52 Å². The Labute approximate surface area is 122 Å². The molecule has 0 aliphatic rings. The van der Waals surface area contributed by atoms with Gasteiger partial charge in [-0.3, -0.25) is 4.52 Å². The van der Waals surface area contributed by atoms with Gasteiger partial charge in [0.15, 0.2) is 10.7 Å². The van der Waals surface area contributed by atoms with E-state index in [1.807, 2.05) is 0 Å². The lowest BCUT2D eigenvalue weighted by Crippen LogP contribution is -2.25. The number of hydrogen-bond donors (Lipinski definition) is 0. The van der Waals surface area contributed by atoms with Crippen LogP contribution in [-0.2, 0) is 10.0 Å². The lowest BCUT2D eigenvalue weighted by atomic mass is 10.4. The largest absolute Gasteiger partial charge is 0.456 e. The van der Waals surface area contributed by atoms with Crippen LogP contribution >= 0.6 is 11.3 Å². The van der Waals surface area contributed by atoms with Crippen LogP contribution < -0.4 is 5.76 Å². The topological polar surface area (TPSA) is 108 Å². The van der Waals surface area contributed by atoms with Crippen molar-refractivity contribution in [2.45, 2.75) is 18.7 Å². The summed E-state index contributed by atoms with van der Waals surface area (Å²) in [6.45, 7) is 2.93. The molecule has 0 unspecified atom stereocenters. The van der Waals surface area contributed by atoms with E-state index >= 15 is 0 Å². The average molecular weight is 327 g/mol. The summed E-state index contributed by atoms with van der Waals surface area (Å²) in [5.74, 6) is -1.06. The van der Waals surface area contributed by atoms with Crippen molar-refractivity contribution in [3.05, 3.63) is 39.5 Å². The maximum atomic E-state index is 12.7. The predicted molar refractivity (Wildman–Crippen MR) is 72.6 cm³/mol. The van der Waals surface area contributed by atoms with E-state index < -0.39 is 15.8 Å². The highest BCUT2D eigenvalue weighted by molar-refractivity contribution is 7.90. The van der Waals surface area contributed by atoms with Gasteiger partial charge in [0.05, 0.1) is 4.88 Å². The smallest absolute Gasteiger partial charge is 0.360 e. The molecule has 0 fully saturated rings. The SMILES string of the molecule is Cc1noc(C)c1S(=O)(=O)n1c(-c2cccs2)noc1=O. The molecule has 3 aromatic heterocycles. The standard InChI is InChI=1S/C11H9N3O5S2/c1-6-9(7(2)18-12-6)21(16,17)14-10(13-19-11(14)15)8-4-3-5-20-8/h3-5H,1-2H3. The molecule has 3 aromatic rings. The highest BCUT2D eigenvalue weighted by atomic mass is 32.2. The zero-order valence-corrected chi connectivity index (χ0v) is 12.6. The van der Waals surface area contributed by atoms with E-state index in [0.717, 1.165) is 0 Å². The molecule has 0 atom stereocenters. The number of aryl methyl sites for hydroxylation is 2. The van der Waals surface area contributed by atoms with E-state index in [0.29, 0.717) is 8.85 Å². The summed E-state index contributed by atoms with van der Waals surface area (Å²) < 4.78 is 35.3. The molecule has 21 heavy (non-hydrogen) atoms. The van der Waals surface area contributed by atoms with Gasteiger partial charge in [-0.1, -0.05) is 16.4 Å². The van der Waals surface area contributed by atoms with Crippen molar-refractivity contribution in [2.24, 2.45) is 0 Å². The lowest BCUT2D eigenvalue weighted by Gasteiger charge is -2.04. The molecule has 3 rings (SSSR count). The van der Waals surface area contributed by atoms with Gasteiger partial charge in [0.25, 0.3) is 10.0 Å². The molecule has 0 radical (unpaired) electrons. The number of nitrogens with zero attached hydrogens (tertiary/aromatic N) is 3. The van der Waals surface area contributed by atoms with E-state index in [2.05, 4.69) is 14.8 Å². The first kappa shape index (κ1) is 13.8. The number of hydrogen-bond acceptors (Lipinski definition) is 8. The summed E-state index contributed by atoms with van der Waals surface area (Å²) in [7, 11) is -4.20. The summed E-state index contributed by atoms with van der Waals surface area (Å²) >= 11 is 1.24. The van der Waals surface area contributed by atoms with Gasteiger partial charge >= 0.3 is 5.76 Å². The van der Waals surface area contributed by atoms with E-state index in [1.54, 1.807) is 17.5 Å². The summed E-state index contributed by atoms with van der Waals surface area (Å²) in [6, 6.07) is 3.35. The van der Waals surface area contributed by atoms with Gasteiger partial charge in [0.2, 0.25) is 5.82 Å². The van der Waals surface area contributed by atoms with E-state index in [9.17, 15) is 13.2 Å². The Bertz CT molecular complexity index is 927. The van der Waals surface area contributed by atoms with Crippen molar-refractivity contribution in [3.63, 3.8) is 0 Å². The third-order valence-electron chi connectivity index (χ3n) is 2.78. The molecule has 3 heterocycles. The highest BCUT2D eigenvalue weighted by Gasteiger charge is 2.32. The van der Waals surface area contributed by atoms with Crippen LogP contribution in [-0.4, -0.2) is 22.7 Å². The number of rotatable bonds is 3. The van der Waals surface area contributed by atoms with Crippen LogP contribution in [0.15, 0.2) is 36.2 Å². The van der Waals surface area contributed by atoms with E-state index in [-0.39, 0.29) is 22.2 Å². The number of aromatic nitrogens is 3. The first-order valence-electron chi connectivity index (χ1n) is 5.74. The lowest BCUT2D eigenvalue weighted by molar-refractivity contribution is 0.384. The summed E-state index contributed by atoms with van der Waals surface area (Å²) in [5.41, 5.74) is 0.165. The Kier molecular flexibility index (Phi) is 3.06. The zero-order valence-electron chi connectivity index (χ0n) is 10.9. The molecule has 0 amide bonds. The molecule has 0 aliphatic heterocycles. The molecule has 110 valence electrons. The molecule has 0 spiro atoms. The number of thiophene rings is 1. The maximum absolute atomic E-state index is 12.7. The Morgan fingerprint density at radius 1 is 1.24 bits per heavy atom. The highest BCUT2D eigenvalue weighted by Crippen LogP contribution is 2.27. The van der Waals surface area contributed by atoms with Crippen LogP contribution in [0.3, 0.4) is 0 Å². The fourth-order valence-corrected chi connectivity index (χ4v) is 4.28. The Morgan fingerprint density at radius 2 is 2.00 bits per heavy atom. The molecule has 0 saturated heterocycles.